The van der Waals surface area contributed by atoms with Gasteiger partial charge < -0.3 is 10.1 Å². The van der Waals surface area contributed by atoms with E-state index in [0.29, 0.717) is 0 Å². The Morgan fingerprint density at radius 1 is 1.40 bits per heavy atom. The molecule has 1 N–H and O–H groups in total. The Kier molecular flexibility index (Phi) is 2.66. The summed E-state index contributed by atoms with van der Waals surface area (Å²) in [6, 6.07) is 4.57. The zero-order valence-corrected chi connectivity index (χ0v) is 14.9. The normalized spacial score (nSPS) is 29.6. The smallest absolute Gasteiger partial charge is 0.324 e. The molecule has 25 heavy (non-hydrogen) atoms. The fourth-order valence-electron chi connectivity index (χ4n) is 4.98. The van der Waals surface area contributed by atoms with Crippen LogP contribution in [0, 0.1) is 0 Å². The lowest BCUT2D eigenvalue weighted by atomic mass is 9.90. The van der Waals surface area contributed by atoms with E-state index in [4.69, 9.17) is 9.72 Å². The van der Waals surface area contributed by atoms with Gasteiger partial charge in [0.1, 0.15) is 5.75 Å². The number of likely N-dealkylation sites (N-methyl/N-ethyl adjacent to an activating group) is 1. The molecule has 2 aromatic rings. The van der Waals surface area contributed by atoms with Gasteiger partial charge in [0, 0.05) is 24.1 Å². The van der Waals surface area contributed by atoms with Gasteiger partial charge in [0.25, 0.3) is 0 Å². The van der Waals surface area contributed by atoms with Crippen molar-refractivity contribution in [3.05, 3.63) is 17.7 Å². The molecule has 6 nitrogen and oxygen atoms in total. The molecule has 130 valence electrons. The minimum Gasteiger partial charge on any atom is -0.493 e. The van der Waals surface area contributed by atoms with E-state index in [1.807, 2.05) is 11.0 Å². The third kappa shape index (κ3) is 1.77. The molecule has 0 radical (unpaired) electrons. The zero-order valence-electron chi connectivity index (χ0n) is 14.1. The number of amides is 2. The summed E-state index contributed by atoms with van der Waals surface area (Å²) in [6.45, 7) is 1.77. The third-order valence-corrected chi connectivity index (χ3v) is 7.52. The van der Waals surface area contributed by atoms with Crippen molar-refractivity contribution in [2.45, 2.75) is 43.3 Å². The van der Waals surface area contributed by atoms with Gasteiger partial charge in [0.15, 0.2) is 5.13 Å². The highest BCUT2D eigenvalue weighted by Gasteiger charge is 2.62. The van der Waals surface area contributed by atoms with E-state index in [1.54, 1.807) is 11.3 Å². The van der Waals surface area contributed by atoms with E-state index >= 15 is 0 Å². The van der Waals surface area contributed by atoms with E-state index < -0.39 is 0 Å². The molecule has 3 aliphatic heterocycles. The molecule has 7 heteroatoms. The molecule has 0 bridgehead atoms. The van der Waals surface area contributed by atoms with Crippen LogP contribution in [-0.2, 0) is 6.42 Å². The van der Waals surface area contributed by atoms with Gasteiger partial charge in [-0.2, -0.15) is 0 Å². The van der Waals surface area contributed by atoms with Gasteiger partial charge in [-0.3, -0.25) is 9.80 Å². The van der Waals surface area contributed by atoms with Gasteiger partial charge in [0.2, 0.25) is 0 Å². The monoisotopic (exact) mass is 356 g/mol. The number of piperidine rings is 1. The topological polar surface area (TPSA) is 57.7 Å². The quantitative estimate of drug-likeness (QED) is 0.852. The highest BCUT2D eigenvalue weighted by Crippen LogP contribution is 2.51. The fraction of sp³-hybridized carbons (Fsp3) is 0.556. The molecule has 4 aliphatic rings. The van der Waals surface area contributed by atoms with Crippen LogP contribution in [0.5, 0.6) is 5.75 Å². The first-order valence-electron chi connectivity index (χ1n) is 9.04. The number of carbonyl (C=O) groups is 1. The minimum absolute atomic E-state index is 0.0172. The minimum atomic E-state index is 0.0172. The summed E-state index contributed by atoms with van der Waals surface area (Å²) in [7, 11) is 2.19. The van der Waals surface area contributed by atoms with Crippen LogP contribution in [0.25, 0.3) is 10.2 Å². The summed E-state index contributed by atoms with van der Waals surface area (Å²) < 4.78 is 6.80. The van der Waals surface area contributed by atoms with Crippen molar-refractivity contribution in [3.8, 4) is 5.75 Å². The Labute approximate surface area is 149 Å². The highest BCUT2D eigenvalue weighted by molar-refractivity contribution is 7.22. The maximum atomic E-state index is 12.8. The molecule has 2 unspecified atom stereocenters. The molecule has 2 amide bonds. The lowest BCUT2D eigenvalue weighted by Crippen LogP contribution is -2.59. The van der Waals surface area contributed by atoms with Crippen molar-refractivity contribution >= 4 is 32.7 Å². The molecular weight excluding hydrogens is 336 g/mol. The van der Waals surface area contributed by atoms with Crippen LogP contribution in [0.15, 0.2) is 12.1 Å². The number of anilines is 1. The second kappa shape index (κ2) is 4.65. The maximum Gasteiger partial charge on any atom is 0.324 e. The second-order valence-corrected chi connectivity index (χ2v) is 8.67. The first-order valence-corrected chi connectivity index (χ1v) is 9.85. The van der Waals surface area contributed by atoms with E-state index in [1.165, 1.54) is 18.4 Å². The molecule has 1 spiro atoms. The molecule has 2 atom stereocenters. The van der Waals surface area contributed by atoms with Crippen molar-refractivity contribution in [1.82, 2.24) is 15.2 Å². The van der Waals surface area contributed by atoms with Crippen molar-refractivity contribution in [2.24, 2.45) is 0 Å². The average Bonchev–Trinajstić information content (AvgIpc) is 2.96. The number of nitrogens with one attached hydrogen (secondary N) is 1. The number of urea groups is 1. The van der Waals surface area contributed by atoms with Crippen LogP contribution in [0.2, 0.25) is 0 Å². The lowest BCUT2D eigenvalue weighted by molar-refractivity contribution is 0.125. The number of hydrogen-bond acceptors (Lipinski definition) is 5. The zero-order chi connectivity index (χ0) is 16.8. The molecule has 6 rings (SSSR count). The van der Waals surface area contributed by atoms with Crippen LogP contribution in [0.3, 0.4) is 0 Å². The van der Waals surface area contributed by atoms with Crippen molar-refractivity contribution in [2.75, 3.05) is 25.1 Å². The van der Waals surface area contributed by atoms with Crippen LogP contribution < -0.4 is 15.0 Å². The van der Waals surface area contributed by atoms with Gasteiger partial charge in [-0.25, -0.2) is 9.78 Å². The van der Waals surface area contributed by atoms with Crippen LogP contribution >= 0.6 is 11.3 Å². The number of thiazole rings is 1. The number of hydrogen-bond donors (Lipinski definition) is 1. The Bertz CT molecular complexity index is 906. The summed E-state index contributed by atoms with van der Waals surface area (Å²) >= 11 is 1.63. The second-order valence-electron chi connectivity index (χ2n) is 7.66. The van der Waals surface area contributed by atoms with Gasteiger partial charge in [-0.15, -0.1) is 0 Å². The SMILES string of the molecule is CN1CCC2C(NC(=O)N2c2nc3c4c(ccc3s2)OCC4)C12CC2. The standard InChI is InChI=1S/C18H20N4O2S/c1-21-8-4-11-15(18(21)6-7-18)20-16(23)22(11)17-19-14-10-5-9-24-12(10)2-3-13(14)25-17/h2-3,11,15H,4-9H2,1H3,(H,20,23). The number of likely N-dealkylation sites (tertiary alicyclic amines) is 1. The van der Waals surface area contributed by atoms with Crippen LogP contribution in [-0.4, -0.2) is 53.7 Å². The Morgan fingerprint density at radius 3 is 3.12 bits per heavy atom. The predicted octanol–water partition coefficient (Wildman–Crippen LogP) is 2.37. The predicted molar refractivity (Wildman–Crippen MR) is 96.6 cm³/mol. The average molecular weight is 356 g/mol. The number of fused-ring (bicyclic) bond motifs is 5. The van der Waals surface area contributed by atoms with E-state index in [9.17, 15) is 4.79 Å². The molecule has 1 aromatic carbocycles. The fourth-order valence-corrected chi connectivity index (χ4v) is 6.04. The van der Waals surface area contributed by atoms with E-state index in [0.717, 1.165) is 47.1 Å². The first kappa shape index (κ1) is 14.3. The maximum absolute atomic E-state index is 12.8. The summed E-state index contributed by atoms with van der Waals surface area (Å²) in [5.74, 6) is 0.948. The van der Waals surface area contributed by atoms with Gasteiger partial charge >= 0.3 is 6.03 Å². The first-order chi connectivity index (χ1) is 12.2. The van der Waals surface area contributed by atoms with E-state index in [-0.39, 0.29) is 23.7 Å². The Balaban J connectivity index is 1.43. The highest BCUT2D eigenvalue weighted by atomic mass is 32.1. The van der Waals surface area contributed by atoms with Crippen molar-refractivity contribution < 1.29 is 9.53 Å². The largest absolute Gasteiger partial charge is 0.493 e. The Hall–Kier alpha value is -1.86. The molecule has 1 aliphatic carbocycles. The van der Waals surface area contributed by atoms with Crippen LogP contribution in [0.1, 0.15) is 24.8 Å². The number of nitrogens with zero attached hydrogens (tertiary/aromatic N) is 3. The number of benzene rings is 1. The summed E-state index contributed by atoms with van der Waals surface area (Å²) in [4.78, 5) is 22.1. The molecular formula is C18H20N4O2S. The van der Waals surface area contributed by atoms with Gasteiger partial charge in [0.05, 0.1) is 28.9 Å². The van der Waals surface area contributed by atoms with Crippen molar-refractivity contribution in [3.63, 3.8) is 0 Å². The number of ether oxygens (including phenoxy) is 1. The lowest BCUT2D eigenvalue weighted by Gasteiger charge is -2.42. The van der Waals surface area contributed by atoms with Gasteiger partial charge in [-0.05, 0) is 38.4 Å². The summed E-state index contributed by atoms with van der Waals surface area (Å²) in [5.41, 5.74) is 2.39. The van der Waals surface area contributed by atoms with Crippen molar-refractivity contribution in [1.29, 1.82) is 0 Å². The van der Waals surface area contributed by atoms with Gasteiger partial charge in [-0.1, -0.05) is 11.3 Å². The molecule has 2 saturated heterocycles. The number of aromatic nitrogens is 1. The number of carbonyl (C=O) groups excluding carboxylic acids is 1. The summed E-state index contributed by atoms with van der Waals surface area (Å²) in [6.07, 6.45) is 4.27. The van der Waals surface area contributed by atoms with Crippen LogP contribution in [0.4, 0.5) is 9.93 Å². The Morgan fingerprint density at radius 2 is 2.28 bits per heavy atom. The molecule has 4 heterocycles. The number of rotatable bonds is 1. The molecule has 1 aromatic heterocycles. The molecule has 1 saturated carbocycles. The summed E-state index contributed by atoms with van der Waals surface area (Å²) in [5, 5.41) is 4.11. The molecule has 3 fully saturated rings. The van der Waals surface area contributed by atoms with E-state index in [2.05, 4.69) is 23.3 Å². The third-order valence-electron chi connectivity index (χ3n) is 6.50.